The van der Waals surface area contributed by atoms with Crippen molar-refractivity contribution in [2.24, 2.45) is 5.10 Å². The number of ether oxygens (including phenoxy) is 1. The molecule has 0 saturated heterocycles. The summed E-state index contributed by atoms with van der Waals surface area (Å²) in [5.41, 5.74) is 3.58. The van der Waals surface area contributed by atoms with Crippen LogP contribution in [0.3, 0.4) is 0 Å². The van der Waals surface area contributed by atoms with Gasteiger partial charge in [-0.2, -0.15) is 5.10 Å². The minimum atomic E-state index is -0.588. The van der Waals surface area contributed by atoms with Crippen LogP contribution in [0.4, 0.5) is 5.69 Å². The van der Waals surface area contributed by atoms with Crippen LogP contribution in [0.1, 0.15) is 21.5 Å². The van der Waals surface area contributed by atoms with Crippen molar-refractivity contribution >= 4 is 33.7 Å². The SMILES string of the molecule is O=C(N/N=C/c1cc([N+](=O)[O-])ccc1O)c1ccc(OCc2cccc(Br)c2)cc1. The molecule has 0 spiro atoms. The molecule has 0 unspecified atom stereocenters. The normalized spacial score (nSPS) is 10.7. The molecule has 0 fully saturated rings. The van der Waals surface area contributed by atoms with Crippen LogP contribution >= 0.6 is 15.9 Å². The quantitative estimate of drug-likeness (QED) is 0.302. The first kappa shape index (κ1) is 21.0. The first-order valence-corrected chi connectivity index (χ1v) is 9.50. The van der Waals surface area contributed by atoms with Crippen LogP contribution in [0.2, 0.25) is 0 Å². The molecular weight excluding hydrogens is 454 g/mol. The van der Waals surface area contributed by atoms with Gasteiger partial charge in [0.1, 0.15) is 18.1 Å². The van der Waals surface area contributed by atoms with E-state index in [-0.39, 0.29) is 17.0 Å². The van der Waals surface area contributed by atoms with E-state index in [1.807, 2.05) is 24.3 Å². The number of carbonyl (C=O) groups excluding carboxylic acids is 1. The van der Waals surface area contributed by atoms with Gasteiger partial charge in [-0.1, -0.05) is 28.1 Å². The van der Waals surface area contributed by atoms with Crippen molar-refractivity contribution < 1.29 is 19.6 Å². The predicted octanol–water partition coefficient (Wildman–Crippen LogP) is 4.41. The lowest BCUT2D eigenvalue weighted by molar-refractivity contribution is -0.384. The van der Waals surface area contributed by atoms with Crippen LogP contribution in [0.5, 0.6) is 11.5 Å². The Bertz CT molecular complexity index is 1100. The van der Waals surface area contributed by atoms with Gasteiger partial charge in [-0.25, -0.2) is 5.43 Å². The molecule has 0 aromatic heterocycles. The van der Waals surface area contributed by atoms with Gasteiger partial charge in [0.2, 0.25) is 0 Å². The second-order valence-corrected chi connectivity index (χ2v) is 7.06. The number of hydrazone groups is 1. The summed E-state index contributed by atoms with van der Waals surface area (Å²) >= 11 is 3.41. The Morgan fingerprint density at radius 3 is 2.63 bits per heavy atom. The lowest BCUT2D eigenvalue weighted by atomic mass is 10.2. The molecule has 3 aromatic rings. The molecule has 0 aliphatic heterocycles. The Morgan fingerprint density at radius 1 is 1.17 bits per heavy atom. The van der Waals surface area contributed by atoms with Crippen molar-refractivity contribution in [1.82, 2.24) is 5.43 Å². The number of nitro groups is 1. The third-order valence-corrected chi connectivity index (χ3v) is 4.50. The summed E-state index contributed by atoms with van der Waals surface area (Å²) in [4.78, 5) is 22.4. The molecular formula is C21H16BrN3O5. The molecule has 0 saturated carbocycles. The highest BCUT2D eigenvalue weighted by Gasteiger charge is 2.09. The molecule has 0 aliphatic rings. The minimum Gasteiger partial charge on any atom is -0.507 e. The van der Waals surface area contributed by atoms with E-state index in [0.717, 1.165) is 22.3 Å². The first-order valence-electron chi connectivity index (χ1n) is 8.70. The Balaban J connectivity index is 1.57. The molecule has 1 amide bonds. The Morgan fingerprint density at radius 2 is 1.93 bits per heavy atom. The molecule has 3 rings (SSSR count). The molecule has 30 heavy (non-hydrogen) atoms. The number of carbonyl (C=O) groups is 1. The smallest absolute Gasteiger partial charge is 0.271 e. The van der Waals surface area contributed by atoms with Gasteiger partial charge in [-0.05, 0) is 48.0 Å². The van der Waals surface area contributed by atoms with E-state index in [2.05, 4.69) is 26.5 Å². The number of halogens is 1. The third kappa shape index (κ3) is 5.65. The Hall–Kier alpha value is -3.72. The molecule has 0 bridgehead atoms. The van der Waals surface area contributed by atoms with Crippen molar-refractivity contribution in [2.45, 2.75) is 6.61 Å². The molecule has 0 atom stereocenters. The number of nitrogens with zero attached hydrogens (tertiary/aromatic N) is 2. The van der Waals surface area contributed by atoms with E-state index in [0.29, 0.717) is 17.9 Å². The van der Waals surface area contributed by atoms with Gasteiger partial charge in [-0.3, -0.25) is 14.9 Å². The highest BCUT2D eigenvalue weighted by Crippen LogP contribution is 2.21. The summed E-state index contributed by atoms with van der Waals surface area (Å²) in [6.45, 7) is 0.391. The average Bonchev–Trinajstić information content (AvgIpc) is 2.73. The summed E-state index contributed by atoms with van der Waals surface area (Å²) in [6, 6.07) is 17.8. The molecule has 3 aromatic carbocycles. The fourth-order valence-corrected chi connectivity index (χ4v) is 2.93. The topological polar surface area (TPSA) is 114 Å². The molecule has 9 heteroatoms. The lowest BCUT2D eigenvalue weighted by Gasteiger charge is -2.07. The number of hydrogen-bond acceptors (Lipinski definition) is 6. The number of amides is 1. The number of non-ortho nitro benzene ring substituents is 1. The number of phenolic OH excluding ortho intramolecular Hbond substituents is 1. The number of hydrogen-bond donors (Lipinski definition) is 2. The fraction of sp³-hybridized carbons (Fsp3) is 0.0476. The first-order chi connectivity index (χ1) is 14.4. The third-order valence-electron chi connectivity index (χ3n) is 4.00. The highest BCUT2D eigenvalue weighted by molar-refractivity contribution is 9.10. The predicted molar refractivity (Wildman–Crippen MR) is 115 cm³/mol. The maximum atomic E-state index is 12.2. The van der Waals surface area contributed by atoms with E-state index in [4.69, 9.17) is 4.74 Å². The van der Waals surface area contributed by atoms with Crippen molar-refractivity contribution in [3.63, 3.8) is 0 Å². The summed E-state index contributed by atoms with van der Waals surface area (Å²) in [5.74, 6) is -0.0585. The second kappa shape index (κ2) is 9.66. The molecule has 0 heterocycles. The average molecular weight is 470 g/mol. The second-order valence-electron chi connectivity index (χ2n) is 6.14. The van der Waals surface area contributed by atoms with Crippen molar-refractivity contribution in [3.05, 3.63) is 98.0 Å². The summed E-state index contributed by atoms with van der Waals surface area (Å²) in [7, 11) is 0. The molecule has 152 valence electrons. The molecule has 8 nitrogen and oxygen atoms in total. The van der Waals surface area contributed by atoms with Crippen LogP contribution in [0, 0.1) is 10.1 Å². The molecule has 0 radical (unpaired) electrons. The number of nitrogens with one attached hydrogen (secondary N) is 1. The van der Waals surface area contributed by atoms with Crippen LogP contribution in [0.15, 0.2) is 76.3 Å². The lowest BCUT2D eigenvalue weighted by Crippen LogP contribution is -2.17. The van der Waals surface area contributed by atoms with E-state index in [9.17, 15) is 20.0 Å². The number of rotatable bonds is 7. The zero-order valence-electron chi connectivity index (χ0n) is 15.5. The van der Waals surface area contributed by atoms with Gasteiger partial charge < -0.3 is 9.84 Å². The Labute approximate surface area is 180 Å². The monoisotopic (exact) mass is 469 g/mol. The minimum absolute atomic E-state index is 0.112. The maximum absolute atomic E-state index is 12.2. The van der Waals surface area contributed by atoms with Gasteiger partial charge in [0.25, 0.3) is 11.6 Å². The summed E-state index contributed by atoms with van der Waals surface area (Å²) < 4.78 is 6.67. The fourth-order valence-electron chi connectivity index (χ4n) is 2.48. The largest absolute Gasteiger partial charge is 0.507 e. The van der Waals surface area contributed by atoms with Gasteiger partial charge >= 0.3 is 0 Å². The van der Waals surface area contributed by atoms with Crippen molar-refractivity contribution in [3.8, 4) is 11.5 Å². The maximum Gasteiger partial charge on any atom is 0.271 e. The Kier molecular flexibility index (Phi) is 6.76. The van der Waals surface area contributed by atoms with Crippen LogP contribution < -0.4 is 10.2 Å². The molecule has 0 aliphatic carbocycles. The van der Waals surface area contributed by atoms with Gasteiger partial charge in [0.05, 0.1) is 11.1 Å². The van der Waals surface area contributed by atoms with Crippen LogP contribution in [0.25, 0.3) is 0 Å². The number of benzene rings is 3. The van der Waals surface area contributed by atoms with Gasteiger partial charge in [-0.15, -0.1) is 0 Å². The van der Waals surface area contributed by atoms with E-state index in [1.165, 1.54) is 12.1 Å². The summed E-state index contributed by atoms with van der Waals surface area (Å²) in [6.07, 6.45) is 1.13. The van der Waals surface area contributed by atoms with Gasteiger partial charge in [0.15, 0.2) is 0 Å². The van der Waals surface area contributed by atoms with E-state index >= 15 is 0 Å². The van der Waals surface area contributed by atoms with E-state index in [1.54, 1.807) is 24.3 Å². The standard InChI is InChI=1S/C21H16BrN3O5/c22-17-3-1-2-14(10-17)13-30-19-7-4-15(5-8-19)21(27)24-23-12-16-11-18(25(28)29)6-9-20(16)26/h1-12,26H,13H2,(H,24,27)/b23-12+. The van der Waals surface area contributed by atoms with Gasteiger partial charge in [0, 0.05) is 27.7 Å². The highest BCUT2D eigenvalue weighted by atomic mass is 79.9. The zero-order valence-corrected chi connectivity index (χ0v) is 17.1. The van der Waals surface area contributed by atoms with Crippen molar-refractivity contribution in [1.29, 1.82) is 0 Å². The number of nitro benzene ring substituents is 1. The number of aromatic hydroxyl groups is 1. The van der Waals surface area contributed by atoms with Crippen LogP contribution in [-0.4, -0.2) is 22.2 Å². The zero-order chi connectivity index (χ0) is 21.5. The summed E-state index contributed by atoms with van der Waals surface area (Å²) in [5, 5.41) is 24.3. The number of phenols is 1. The molecule has 2 N–H and O–H groups in total. The van der Waals surface area contributed by atoms with Crippen LogP contribution in [-0.2, 0) is 6.61 Å². The van der Waals surface area contributed by atoms with Crippen molar-refractivity contribution in [2.75, 3.05) is 0 Å². The van der Waals surface area contributed by atoms with E-state index < -0.39 is 10.8 Å².